The summed E-state index contributed by atoms with van der Waals surface area (Å²) >= 11 is 0. The van der Waals surface area contributed by atoms with Crippen LogP contribution in [0.25, 0.3) is 0 Å². The molecular weight excluding hydrogens is 564 g/mol. The molecule has 1 aliphatic carbocycles. The van der Waals surface area contributed by atoms with Crippen LogP contribution in [0.1, 0.15) is 74.1 Å². The second-order valence-corrected chi connectivity index (χ2v) is 14.1. The van der Waals surface area contributed by atoms with E-state index in [-0.39, 0.29) is 35.8 Å². The summed E-state index contributed by atoms with van der Waals surface area (Å²) in [6, 6.07) is 1.01. The van der Waals surface area contributed by atoms with Crippen LogP contribution in [0.2, 0.25) is 0 Å². The number of nitrogens with one attached hydrogen (secondary N) is 3. The summed E-state index contributed by atoms with van der Waals surface area (Å²) in [5.41, 5.74) is 4.38. The normalized spacial score (nSPS) is 20.6. The van der Waals surface area contributed by atoms with E-state index in [4.69, 9.17) is 5.73 Å². The van der Waals surface area contributed by atoms with Gasteiger partial charge in [-0.3, -0.25) is 24.0 Å². The molecule has 1 aromatic rings. The number of urea groups is 1. The van der Waals surface area contributed by atoms with Crippen LogP contribution in [0.5, 0.6) is 0 Å². The van der Waals surface area contributed by atoms with Crippen molar-refractivity contribution in [1.82, 2.24) is 25.4 Å². The first kappa shape index (κ1) is 34.8. The van der Waals surface area contributed by atoms with Crippen LogP contribution in [0, 0.1) is 29.1 Å². The summed E-state index contributed by atoms with van der Waals surface area (Å²) in [7, 11) is 0. The molecule has 2 aliphatic rings. The topological polar surface area (TPSA) is 173 Å². The van der Waals surface area contributed by atoms with Crippen LogP contribution in [0.15, 0.2) is 29.2 Å². The van der Waals surface area contributed by atoms with Gasteiger partial charge in [0.15, 0.2) is 0 Å². The fraction of sp³-hybridized carbons (Fsp3) is 0.688. The van der Waals surface area contributed by atoms with E-state index in [9.17, 15) is 28.8 Å². The molecule has 0 radical (unpaired) electrons. The molecular formula is C32H50N6O6. The average Bonchev–Trinajstić information content (AvgIpc) is 3.63. The van der Waals surface area contributed by atoms with Crippen LogP contribution >= 0.6 is 0 Å². The van der Waals surface area contributed by atoms with E-state index < -0.39 is 59.1 Å². The molecule has 1 unspecified atom stereocenters. The molecule has 1 saturated heterocycles. The van der Waals surface area contributed by atoms with Crippen LogP contribution in [0.4, 0.5) is 4.79 Å². The molecule has 0 aromatic carbocycles. The Kier molecular flexibility index (Phi) is 11.4. The Morgan fingerprint density at radius 1 is 0.977 bits per heavy atom. The molecule has 3 rings (SSSR count). The number of likely N-dealkylation sites (tertiary alicyclic amines) is 1. The largest absolute Gasteiger partial charge is 0.363 e. The van der Waals surface area contributed by atoms with Gasteiger partial charge in [-0.15, -0.1) is 0 Å². The third kappa shape index (κ3) is 8.92. The molecule has 244 valence electrons. The first-order valence-electron chi connectivity index (χ1n) is 15.7. The number of Topliss-reactive ketones (excluding diaryl/α,β-unsaturated/α-hetero) is 1. The fourth-order valence-electron chi connectivity index (χ4n) is 5.85. The van der Waals surface area contributed by atoms with Gasteiger partial charge in [0.2, 0.25) is 17.6 Å². The smallest absolute Gasteiger partial charge is 0.315 e. The Balaban J connectivity index is 1.81. The van der Waals surface area contributed by atoms with E-state index in [0.717, 1.165) is 12.8 Å². The van der Waals surface area contributed by atoms with E-state index in [0.29, 0.717) is 19.4 Å². The molecule has 5 N–H and O–H groups in total. The predicted octanol–water partition coefficient (Wildman–Crippen LogP) is 1.80. The van der Waals surface area contributed by atoms with Gasteiger partial charge in [-0.1, -0.05) is 67.4 Å². The first-order chi connectivity index (χ1) is 20.5. The third-order valence-corrected chi connectivity index (χ3v) is 8.80. The van der Waals surface area contributed by atoms with Crippen molar-refractivity contribution in [3.05, 3.63) is 34.7 Å². The summed E-state index contributed by atoms with van der Waals surface area (Å²) in [6.07, 6.45) is 4.40. The molecule has 12 heteroatoms. The third-order valence-electron chi connectivity index (χ3n) is 8.80. The Morgan fingerprint density at radius 2 is 1.64 bits per heavy atom. The highest BCUT2D eigenvalue weighted by molar-refractivity contribution is 6.37. The maximum absolute atomic E-state index is 14.2. The number of pyridine rings is 1. The lowest BCUT2D eigenvalue weighted by molar-refractivity contribution is -0.144. The molecule has 5 atom stereocenters. The molecule has 1 aliphatic heterocycles. The van der Waals surface area contributed by atoms with Crippen molar-refractivity contribution in [2.24, 2.45) is 34.8 Å². The molecule has 44 heavy (non-hydrogen) atoms. The molecule has 5 amide bonds. The first-order valence-corrected chi connectivity index (χ1v) is 15.7. The molecule has 2 heterocycles. The minimum Gasteiger partial charge on any atom is -0.363 e. The van der Waals surface area contributed by atoms with Crippen molar-refractivity contribution in [3.8, 4) is 0 Å². The van der Waals surface area contributed by atoms with E-state index in [1.807, 2.05) is 48.5 Å². The van der Waals surface area contributed by atoms with Gasteiger partial charge < -0.3 is 31.2 Å². The zero-order valence-corrected chi connectivity index (χ0v) is 27.1. The molecule has 1 saturated carbocycles. The van der Waals surface area contributed by atoms with Crippen LogP contribution < -0.4 is 27.2 Å². The quantitative estimate of drug-likeness (QED) is 0.247. The van der Waals surface area contributed by atoms with Gasteiger partial charge >= 0.3 is 6.03 Å². The molecule has 12 nitrogen and oxygen atoms in total. The van der Waals surface area contributed by atoms with Crippen molar-refractivity contribution in [2.45, 2.75) is 105 Å². The number of hydrogen-bond acceptors (Lipinski definition) is 6. The van der Waals surface area contributed by atoms with Crippen molar-refractivity contribution in [1.29, 1.82) is 0 Å². The van der Waals surface area contributed by atoms with Crippen LogP contribution in [0.3, 0.4) is 0 Å². The standard InChI is InChI=1S/C32H50N6O6/c1-18(2)21-13-15-38(25(21)29(42)34-22(16-20-11-12-20)26(40)28(33)41)30(43)27(32(5,6)7)36-31(44)35-23(19(3)4)17-37-14-9-8-10-24(37)39/h8-10,14,18-23,25,27H,11-13,15-17H2,1-7H3,(H2,33,41)(H,34,42)(H2,35,36,44)/t21-,22?,23-,25+,27-/m1/s1. The Labute approximate surface area is 259 Å². The van der Waals surface area contributed by atoms with E-state index in [1.54, 1.807) is 18.3 Å². The molecule has 1 aromatic heterocycles. The van der Waals surface area contributed by atoms with E-state index in [1.165, 1.54) is 15.5 Å². The van der Waals surface area contributed by atoms with Crippen molar-refractivity contribution < 1.29 is 24.0 Å². The summed E-state index contributed by atoms with van der Waals surface area (Å²) in [5, 5.41) is 8.54. The summed E-state index contributed by atoms with van der Waals surface area (Å²) < 4.78 is 1.52. The number of carbonyl (C=O) groups excluding carboxylic acids is 5. The van der Waals surface area contributed by atoms with Crippen LogP contribution in [-0.2, 0) is 25.7 Å². The van der Waals surface area contributed by atoms with Gasteiger partial charge in [-0.25, -0.2) is 4.79 Å². The second-order valence-electron chi connectivity index (χ2n) is 14.1. The minimum absolute atomic E-state index is 0.0122. The van der Waals surface area contributed by atoms with Crippen molar-refractivity contribution in [3.63, 3.8) is 0 Å². The number of rotatable bonds is 13. The number of nitrogens with two attached hydrogens (primary N) is 1. The number of carbonyl (C=O) groups is 5. The highest BCUT2D eigenvalue weighted by atomic mass is 16.2. The second kappa shape index (κ2) is 14.4. The zero-order chi connectivity index (χ0) is 32.9. The highest BCUT2D eigenvalue weighted by Gasteiger charge is 2.48. The van der Waals surface area contributed by atoms with Gasteiger partial charge in [-0.05, 0) is 48.0 Å². The number of hydrogen-bond donors (Lipinski definition) is 4. The maximum Gasteiger partial charge on any atom is 0.315 e. The molecule has 2 fully saturated rings. The molecule has 0 bridgehead atoms. The Bertz CT molecular complexity index is 1280. The zero-order valence-electron chi connectivity index (χ0n) is 27.1. The van der Waals surface area contributed by atoms with Gasteiger partial charge in [0.05, 0.1) is 12.1 Å². The van der Waals surface area contributed by atoms with Crippen molar-refractivity contribution >= 4 is 29.5 Å². The van der Waals surface area contributed by atoms with Crippen molar-refractivity contribution in [2.75, 3.05) is 6.54 Å². The monoisotopic (exact) mass is 614 g/mol. The lowest BCUT2D eigenvalue weighted by Gasteiger charge is -2.37. The number of ketones is 1. The average molecular weight is 615 g/mol. The summed E-state index contributed by atoms with van der Waals surface area (Å²) in [5.74, 6) is -2.75. The highest BCUT2D eigenvalue weighted by Crippen LogP contribution is 2.35. The Hall–Kier alpha value is -3.70. The van der Waals surface area contributed by atoms with Gasteiger partial charge in [0, 0.05) is 25.4 Å². The lowest BCUT2D eigenvalue weighted by atomic mass is 9.84. The number of aromatic nitrogens is 1. The van der Waals surface area contributed by atoms with Gasteiger partial charge in [-0.2, -0.15) is 0 Å². The van der Waals surface area contributed by atoms with E-state index >= 15 is 0 Å². The predicted molar refractivity (Wildman–Crippen MR) is 166 cm³/mol. The number of nitrogens with zero attached hydrogens (tertiary/aromatic N) is 2. The van der Waals surface area contributed by atoms with E-state index in [2.05, 4.69) is 16.0 Å². The number of primary amides is 1. The maximum atomic E-state index is 14.2. The SMILES string of the molecule is CC(C)[C@H]1CCN(C(=O)[C@@H](NC(=O)N[C@H](Cn2ccccc2=O)C(C)C)C(C)(C)C)[C@@H]1C(=O)NC(CC1CC1)C(=O)C(N)=O. The summed E-state index contributed by atoms with van der Waals surface area (Å²) in [6.45, 7) is 13.9. The van der Waals surface area contributed by atoms with Crippen LogP contribution in [-0.4, -0.2) is 69.7 Å². The minimum atomic E-state index is -1.10. The lowest BCUT2D eigenvalue weighted by Crippen LogP contribution is -2.61. The van der Waals surface area contributed by atoms with Gasteiger partial charge in [0.1, 0.15) is 12.1 Å². The van der Waals surface area contributed by atoms with Gasteiger partial charge in [0.25, 0.3) is 11.5 Å². The Morgan fingerprint density at radius 3 is 2.16 bits per heavy atom. The fourth-order valence-corrected chi connectivity index (χ4v) is 5.85. The molecule has 0 spiro atoms. The summed E-state index contributed by atoms with van der Waals surface area (Å²) in [4.78, 5) is 79.4. The number of amides is 5.